The third-order valence-electron chi connectivity index (χ3n) is 4.49. The molecule has 5 heteroatoms. The van der Waals surface area contributed by atoms with Gasteiger partial charge in [0.1, 0.15) is 5.75 Å². The van der Waals surface area contributed by atoms with E-state index >= 15 is 0 Å². The molecule has 1 N–H and O–H groups in total. The van der Waals surface area contributed by atoms with Gasteiger partial charge in [0.15, 0.2) is 5.82 Å². The molecule has 1 aliphatic carbocycles. The summed E-state index contributed by atoms with van der Waals surface area (Å²) in [5.41, 5.74) is 1.03. The first-order valence-corrected chi connectivity index (χ1v) is 7.97. The first-order valence-electron chi connectivity index (χ1n) is 7.97. The standard InChI is InChI=1S/C18H19N3O2/c1-22-16-10-9-15(13-7-2-3-8-14(13)16)19-11-17-20-18(21-23-17)12-5-4-6-12/h2-3,7-10,12,19H,4-6,11H2,1H3. The normalized spacial score (nSPS) is 14.7. The summed E-state index contributed by atoms with van der Waals surface area (Å²) in [5.74, 6) is 2.85. The van der Waals surface area contributed by atoms with E-state index in [4.69, 9.17) is 9.26 Å². The molecular formula is C18H19N3O2. The Morgan fingerprint density at radius 1 is 1.17 bits per heavy atom. The second-order valence-corrected chi connectivity index (χ2v) is 5.89. The summed E-state index contributed by atoms with van der Waals surface area (Å²) in [5, 5.41) is 9.69. The van der Waals surface area contributed by atoms with Crippen LogP contribution in [-0.2, 0) is 6.54 Å². The highest BCUT2D eigenvalue weighted by atomic mass is 16.5. The zero-order chi connectivity index (χ0) is 15.6. The molecule has 23 heavy (non-hydrogen) atoms. The minimum absolute atomic E-state index is 0.495. The van der Waals surface area contributed by atoms with E-state index < -0.39 is 0 Å². The zero-order valence-corrected chi connectivity index (χ0v) is 13.1. The van der Waals surface area contributed by atoms with Crippen LogP contribution in [0.25, 0.3) is 10.8 Å². The Morgan fingerprint density at radius 3 is 2.74 bits per heavy atom. The average molecular weight is 309 g/mol. The fourth-order valence-corrected chi connectivity index (χ4v) is 2.95. The van der Waals surface area contributed by atoms with Crippen molar-refractivity contribution in [2.45, 2.75) is 31.7 Å². The number of aromatic nitrogens is 2. The van der Waals surface area contributed by atoms with Gasteiger partial charge in [-0.1, -0.05) is 35.8 Å². The number of methoxy groups -OCH3 is 1. The van der Waals surface area contributed by atoms with E-state index in [1.54, 1.807) is 7.11 Å². The van der Waals surface area contributed by atoms with E-state index in [0.717, 1.165) is 28.0 Å². The number of anilines is 1. The first kappa shape index (κ1) is 14.1. The lowest BCUT2D eigenvalue weighted by atomic mass is 9.85. The molecule has 1 aromatic heterocycles. The number of fused-ring (bicyclic) bond motifs is 1. The van der Waals surface area contributed by atoms with Gasteiger partial charge in [0.25, 0.3) is 0 Å². The third-order valence-corrected chi connectivity index (χ3v) is 4.49. The van der Waals surface area contributed by atoms with Crippen molar-refractivity contribution in [1.82, 2.24) is 10.1 Å². The smallest absolute Gasteiger partial charge is 0.245 e. The van der Waals surface area contributed by atoms with Gasteiger partial charge in [-0.15, -0.1) is 0 Å². The molecule has 0 radical (unpaired) electrons. The Hall–Kier alpha value is -2.56. The van der Waals surface area contributed by atoms with Gasteiger partial charge >= 0.3 is 0 Å². The number of nitrogens with zero attached hydrogens (tertiary/aromatic N) is 2. The molecule has 1 heterocycles. The molecule has 0 bridgehead atoms. The highest BCUT2D eigenvalue weighted by molar-refractivity contribution is 5.97. The van der Waals surface area contributed by atoms with Crippen LogP contribution in [0.3, 0.4) is 0 Å². The lowest BCUT2D eigenvalue weighted by Gasteiger charge is -2.20. The van der Waals surface area contributed by atoms with Crippen LogP contribution in [-0.4, -0.2) is 17.3 Å². The maximum atomic E-state index is 5.43. The lowest BCUT2D eigenvalue weighted by Crippen LogP contribution is -2.10. The van der Waals surface area contributed by atoms with E-state index in [-0.39, 0.29) is 0 Å². The number of ether oxygens (including phenoxy) is 1. The summed E-state index contributed by atoms with van der Waals surface area (Å²) in [6.45, 7) is 0.524. The Balaban J connectivity index is 1.54. The summed E-state index contributed by atoms with van der Waals surface area (Å²) >= 11 is 0. The van der Waals surface area contributed by atoms with E-state index in [2.05, 4.69) is 27.6 Å². The van der Waals surface area contributed by atoms with E-state index in [1.807, 2.05) is 24.3 Å². The number of hydrogen-bond donors (Lipinski definition) is 1. The van der Waals surface area contributed by atoms with E-state index in [1.165, 1.54) is 19.3 Å². The van der Waals surface area contributed by atoms with Crippen molar-refractivity contribution >= 4 is 16.5 Å². The van der Waals surface area contributed by atoms with Crippen LogP contribution in [0.1, 0.15) is 36.9 Å². The van der Waals surface area contributed by atoms with Crippen LogP contribution < -0.4 is 10.1 Å². The molecule has 0 aliphatic heterocycles. The quantitative estimate of drug-likeness (QED) is 0.768. The number of hydrogen-bond acceptors (Lipinski definition) is 5. The van der Waals surface area contributed by atoms with Crippen LogP contribution in [0.2, 0.25) is 0 Å². The second kappa shape index (κ2) is 5.91. The Morgan fingerprint density at radius 2 is 2.00 bits per heavy atom. The third kappa shape index (κ3) is 2.63. The van der Waals surface area contributed by atoms with Crippen molar-refractivity contribution in [2.24, 2.45) is 0 Å². The minimum Gasteiger partial charge on any atom is -0.496 e. The van der Waals surface area contributed by atoms with Gasteiger partial charge < -0.3 is 14.6 Å². The van der Waals surface area contributed by atoms with Crippen LogP contribution in [0.5, 0.6) is 5.75 Å². The van der Waals surface area contributed by atoms with Gasteiger partial charge in [0.05, 0.1) is 13.7 Å². The summed E-state index contributed by atoms with van der Waals surface area (Å²) in [7, 11) is 1.69. The maximum absolute atomic E-state index is 5.43. The molecule has 0 atom stereocenters. The molecule has 1 saturated carbocycles. The fraction of sp³-hybridized carbons (Fsp3) is 0.333. The fourth-order valence-electron chi connectivity index (χ4n) is 2.95. The lowest BCUT2D eigenvalue weighted by molar-refractivity contribution is 0.349. The van der Waals surface area contributed by atoms with Crippen LogP contribution >= 0.6 is 0 Å². The van der Waals surface area contributed by atoms with Crippen LogP contribution in [0.4, 0.5) is 5.69 Å². The van der Waals surface area contributed by atoms with Gasteiger partial charge in [-0.05, 0) is 25.0 Å². The van der Waals surface area contributed by atoms with Gasteiger partial charge in [-0.2, -0.15) is 4.98 Å². The molecule has 0 spiro atoms. The molecule has 1 fully saturated rings. The molecule has 4 rings (SSSR count). The summed E-state index contributed by atoms with van der Waals surface area (Å²) in [6, 6.07) is 12.2. The Bertz CT molecular complexity index is 824. The van der Waals surface area contributed by atoms with Crippen LogP contribution in [0, 0.1) is 0 Å². The first-order chi connectivity index (χ1) is 11.3. The SMILES string of the molecule is COc1ccc(NCc2nc(C3CCC3)no2)c2ccccc12. The summed E-state index contributed by atoms with van der Waals surface area (Å²) in [4.78, 5) is 4.50. The molecule has 118 valence electrons. The van der Waals surface area contributed by atoms with Crippen molar-refractivity contribution in [2.75, 3.05) is 12.4 Å². The largest absolute Gasteiger partial charge is 0.496 e. The van der Waals surface area contributed by atoms with Crippen molar-refractivity contribution in [3.05, 3.63) is 48.1 Å². The number of rotatable bonds is 5. The highest BCUT2D eigenvalue weighted by Crippen LogP contribution is 2.35. The number of nitrogens with one attached hydrogen (secondary N) is 1. The van der Waals surface area contributed by atoms with Crippen LogP contribution in [0.15, 0.2) is 40.9 Å². The molecule has 0 amide bonds. The predicted octanol–water partition coefficient (Wildman–Crippen LogP) is 4.11. The molecule has 2 aromatic carbocycles. The minimum atomic E-state index is 0.495. The van der Waals surface area contributed by atoms with Gasteiger partial charge in [-0.3, -0.25) is 0 Å². The zero-order valence-electron chi connectivity index (χ0n) is 13.1. The topological polar surface area (TPSA) is 60.2 Å². The van der Waals surface area contributed by atoms with Gasteiger partial charge in [0, 0.05) is 22.4 Å². The van der Waals surface area contributed by atoms with Gasteiger partial charge in [-0.25, -0.2) is 0 Å². The number of benzene rings is 2. The van der Waals surface area contributed by atoms with Crippen molar-refractivity contribution in [3.63, 3.8) is 0 Å². The average Bonchev–Trinajstić information content (AvgIpc) is 2.99. The molecule has 1 aliphatic rings. The van der Waals surface area contributed by atoms with Crippen molar-refractivity contribution in [3.8, 4) is 5.75 Å². The molecule has 0 saturated heterocycles. The summed E-state index contributed by atoms with van der Waals surface area (Å²) < 4.78 is 10.8. The molecule has 3 aromatic rings. The predicted molar refractivity (Wildman–Crippen MR) is 88.7 cm³/mol. The van der Waals surface area contributed by atoms with E-state index in [0.29, 0.717) is 18.4 Å². The molecule has 0 unspecified atom stereocenters. The monoisotopic (exact) mass is 309 g/mol. The van der Waals surface area contributed by atoms with Crippen molar-refractivity contribution < 1.29 is 9.26 Å². The second-order valence-electron chi connectivity index (χ2n) is 5.89. The maximum Gasteiger partial charge on any atom is 0.245 e. The summed E-state index contributed by atoms with van der Waals surface area (Å²) in [6.07, 6.45) is 3.62. The van der Waals surface area contributed by atoms with E-state index in [9.17, 15) is 0 Å². The van der Waals surface area contributed by atoms with Gasteiger partial charge in [0.2, 0.25) is 5.89 Å². The molecule has 5 nitrogen and oxygen atoms in total. The molecular weight excluding hydrogens is 290 g/mol. The highest BCUT2D eigenvalue weighted by Gasteiger charge is 2.24. The Kier molecular flexibility index (Phi) is 3.61. The Labute approximate surface area is 134 Å². The van der Waals surface area contributed by atoms with Crippen molar-refractivity contribution in [1.29, 1.82) is 0 Å².